The van der Waals surface area contributed by atoms with E-state index in [2.05, 4.69) is 26.0 Å². The minimum absolute atomic E-state index is 0.246. The zero-order valence-electron chi connectivity index (χ0n) is 12.9. The molecular weight excluding hydrogens is 248 g/mol. The van der Waals surface area contributed by atoms with Crippen LogP contribution >= 0.6 is 0 Å². The number of aryl methyl sites for hydroxylation is 1. The number of carbonyl (C=O) groups is 1. The van der Waals surface area contributed by atoms with Crippen LogP contribution in [0.4, 0.5) is 0 Å². The summed E-state index contributed by atoms with van der Waals surface area (Å²) in [5, 5.41) is 0. The largest absolute Gasteiger partial charge is 0.490 e. The van der Waals surface area contributed by atoms with Gasteiger partial charge in [0.05, 0.1) is 6.10 Å². The quantitative estimate of drug-likeness (QED) is 0.795. The van der Waals surface area contributed by atoms with Crippen molar-refractivity contribution >= 4 is 5.78 Å². The Morgan fingerprint density at radius 2 is 1.85 bits per heavy atom. The van der Waals surface area contributed by atoms with E-state index in [0.29, 0.717) is 12.5 Å². The lowest BCUT2D eigenvalue weighted by Gasteiger charge is -2.32. The van der Waals surface area contributed by atoms with Gasteiger partial charge in [-0.05, 0) is 62.1 Å². The van der Waals surface area contributed by atoms with Gasteiger partial charge in [0, 0.05) is 6.42 Å². The summed E-state index contributed by atoms with van der Waals surface area (Å²) in [5.41, 5.74) is 1.21. The smallest absolute Gasteiger partial charge is 0.130 e. The molecular formula is C18H26O2. The molecule has 0 heterocycles. The van der Waals surface area contributed by atoms with Crippen LogP contribution in [0, 0.1) is 11.8 Å². The van der Waals surface area contributed by atoms with Crippen LogP contribution < -0.4 is 4.74 Å². The van der Waals surface area contributed by atoms with Crippen molar-refractivity contribution in [1.82, 2.24) is 0 Å². The first kappa shape index (κ1) is 15.1. The highest BCUT2D eigenvalue weighted by atomic mass is 16.5. The van der Waals surface area contributed by atoms with Gasteiger partial charge in [-0.1, -0.05) is 26.0 Å². The van der Waals surface area contributed by atoms with E-state index in [1.165, 1.54) is 12.0 Å². The SMILES string of the molecule is CC(=O)CCc1ccc(OC2CCC(C)C(C)C2)cc1. The lowest BCUT2D eigenvalue weighted by Crippen LogP contribution is -2.28. The summed E-state index contributed by atoms with van der Waals surface area (Å²) in [4.78, 5) is 11.0. The number of ketones is 1. The van der Waals surface area contributed by atoms with Crippen LogP contribution in [0.3, 0.4) is 0 Å². The number of Topliss-reactive ketones (excluding diaryl/α,β-unsaturated/α-hetero) is 1. The Kier molecular flexibility index (Phi) is 5.22. The highest BCUT2D eigenvalue weighted by Crippen LogP contribution is 2.31. The first-order valence-electron chi connectivity index (χ1n) is 7.79. The Bertz CT molecular complexity index is 435. The van der Waals surface area contributed by atoms with Gasteiger partial charge in [-0.2, -0.15) is 0 Å². The summed E-state index contributed by atoms with van der Waals surface area (Å²) in [6, 6.07) is 8.23. The van der Waals surface area contributed by atoms with Gasteiger partial charge in [-0.15, -0.1) is 0 Å². The third-order valence-corrected chi connectivity index (χ3v) is 4.54. The Labute approximate surface area is 122 Å². The van der Waals surface area contributed by atoms with E-state index >= 15 is 0 Å². The molecule has 3 unspecified atom stereocenters. The molecule has 1 aromatic carbocycles. The standard InChI is InChI=1S/C18H26O2/c1-13-4-9-18(12-14(13)2)20-17-10-7-16(8-11-17)6-5-15(3)19/h7-8,10-11,13-14,18H,4-6,9,12H2,1-3H3. The van der Waals surface area contributed by atoms with E-state index in [1.807, 2.05) is 12.1 Å². The molecule has 2 heteroatoms. The van der Waals surface area contributed by atoms with Crippen molar-refractivity contribution < 1.29 is 9.53 Å². The molecule has 1 fully saturated rings. The minimum Gasteiger partial charge on any atom is -0.490 e. The number of carbonyl (C=O) groups excluding carboxylic acids is 1. The average Bonchev–Trinajstić information content (AvgIpc) is 2.42. The number of hydrogen-bond donors (Lipinski definition) is 0. The second-order valence-corrected chi connectivity index (χ2v) is 6.35. The molecule has 110 valence electrons. The average molecular weight is 274 g/mol. The lowest BCUT2D eigenvalue weighted by molar-refractivity contribution is -0.116. The molecule has 2 rings (SSSR count). The first-order valence-corrected chi connectivity index (χ1v) is 7.79. The summed E-state index contributed by atoms with van der Waals surface area (Å²) in [6.45, 7) is 6.30. The van der Waals surface area contributed by atoms with Crippen LogP contribution in [-0.4, -0.2) is 11.9 Å². The Balaban J connectivity index is 1.86. The maximum Gasteiger partial charge on any atom is 0.130 e. The van der Waals surface area contributed by atoms with Gasteiger partial charge in [-0.25, -0.2) is 0 Å². The van der Waals surface area contributed by atoms with Crippen molar-refractivity contribution in [2.24, 2.45) is 11.8 Å². The number of rotatable bonds is 5. The molecule has 2 nitrogen and oxygen atoms in total. The second kappa shape index (κ2) is 6.92. The third kappa shape index (κ3) is 4.36. The summed E-state index contributed by atoms with van der Waals surface area (Å²) < 4.78 is 6.09. The Morgan fingerprint density at radius 1 is 1.15 bits per heavy atom. The van der Waals surface area contributed by atoms with Crippen LogP contribution in [0.1, 0.15) is 52.0 Å². The fourth-order valence-electron chi connectivity index (χ4n) is 2.85. The fraction of sp³-hybridized carbons (Fsp3) is 0.611. The molecule has 0 amide bonds. The Hall–Kier alpha value is -1.31. The molecule has 1 aliphatic carbocycles. The van der Waals surface area contributed by atoms with E-state index in [0.717, 1.165) is 36.8 Å². The van der Waals surface area contributed by atoms with Gasteiger partial charge in [0.2, 0.25) is 0 Å². The molecule has 0 bridgehead atoms. The molecule has 0 spiro atoms. The van der Waals surface area contributed by atoms with Crippen molar-refractivity contribution in [2.75, 3.05) is 0 Å². The van der Waals surface area contributed by atoms with E-state index in [4.69, 9.17) is 4.74 Å². The van der Waals surface area contributed by atoms with Gasteiger partial charge in [-0.3, -0.25) is 0 Å². The monoisotopic (exact) mass is 274 g/mol. The van der Waals surface area contributed by atoms with Crippen molar-refractivity contribution in [1.29, 1.82) is 0 Å². The molecule has 0 aromatic heterocycles. The van der Waals surface area contributed by atoms with E-state index < -0.39 is 0 Å². The highest BCUT2D eigenvalue weighted by molar-refractivity contribution is 5.75. The van der Waals surface area contributed by atoms with Gasteiger partial charge in [0.15, 0.2) is 0 Å². The number of ether oxygens (including phenoxy) is 1. The van der Waals surface area contributed by atoms with E-state index in [1.54, 1.807) is 6.92 Å². The third-order valence-electron chi connectivity index (χ3n) is 4.54. The summed E-state index contributed by atoms with van der Waals surface area (Å²) >= 11 is 0. The predicted molar refractivity (Wildman–Crippen MR) is 82.0 cm³/mol. The predicted octanol–water partition coefficient (Wildman–Crippen LogP) is 4.41. The molecule has 1 aliphatic rings. The molecule has 3 atom stereocenters. The maximum atomic E-state index is 11.0. The van der Waals surface area contributed by atoms with Gasteiger partial charge < -0.3 is 9.53 Å². The molecule has 0 N–H and O–H groups in total. The van der Waals surface area contributed by atoms with E-state index in [-0.39, 0.29) is 5.78 Å². The number of benzene rings is 1. The summed E-state index contributed by atoms with van der Waals surface area (Å²) in [5.74, 6) is 2.78. The molecule has 0 saturated heterocycles. The topological polar surface area (TPSA) is 26.3 Å². The van der Waals surface area contributed by atoms with Gasteiger partial charge in [0.1, 0.15) is 11.5 Å². The zero-order valence-corrected chi connectivity index (χ0v) is 12.9. The van der Waals surface area contributed by atoms with Gasteiger partial charge >= 0.3 is 0 Å². The van der Waals surface area contributed by atoms with Crippen LogP contribution in [0.15, 0.2) is 24.3 Å². The zero-order chi connectivity index (χ0) is 14.5. The van der Waals surface area contributed by atoms with Crippen LogP contribution in [0.2, 0.25) is 0 Å². The second-order valence-electron chi connectivity index (χ2n) is 6.35. The van der Waals surface area contributed by atoms with Crippen molar-refractivity contribution in [3.8, 4) is 5.75 Å². The summed E-state index contributed by atoms with van der Waals surface area (Å²) in [6.07, 6.45) is 5.41. The van der Waals surface area contributed by atoms with Crippen molar-refractivity contribution in [2.45, 2.75) is 59.0 Å². The lowest BCUT2D eigenvalue weighted by atomic mass is 9.80. The normalized spacial score (nSPS) is 26.2. The maximum absolute atomic E-state index is 11.0. The van der Waals surface area contributed by atoms with E-state index in [9.17, 15) is 4.79 Å². The first-order chi connectivity index (χ1) is 9.54. The molecule has 1 aromatic rings. The van der Waals surface area contributed by atoms with Crippen molar-refractivity contribution in [3.05, 3.63) is 29.8 Å². The Morgan fingerprint density at radius 3 is 2.45 bits per heavy atom. The summed E-state index contributed by atoms with van der Waals surface area (Å²) in [7, 11) is 0. The molecule has 0 radical (unpaired) electrons. The molecule has 20 heavy (non-hydrogen) atoms. The minimum atomic E-state index is 0.246. The van der Waals surface area contributed by atoms with Crippen LogP contribution in [0.25, 0.3) is 0 Å². The molecule has 1 saturated carbocycles. The van der Waals surface area contributed by atoms with Crippen LogP contribution in [-0.2, 0) is 11.2 Å². The van der Waals surface area contributed by atoms with Gasteiger partial charge in [0.25, 0.3) is 0 Å². The van der Waals surface area contributed by atoms with Crippen LogP contribution in [0.5, 0.6) is 5.75 Å². The van der Waals surface area contributed by atoms with Crippen molar-refractivity contribution in [3.63, 3.8) is 0 Å². The number of hydrogen-bond acceptors (Lipinski definition) is 2. The highest BCUT2D eigenvalue weighted by Gasteiger charge is 2.25. The fourth-order valence-corrected chi connectivity index (χ4v) is 2.85. The molecule has 0 aliphatic heterocycles.